The average molecular weight is 421 g/mol. The van der Waals surface area contributed by atoms with Gasteiger partial charge in [0.15, 0.2) is 0 Å². The molecular formula is C21H22Cl2N2O3. The quantitative estimate of drug-likeness (QED) is 0.736. The fraction of sp³-hybridized carbons (Fsp3) is 0.333. The van der Waals surface area contributed by atoms with Crippen LogP contribution in [0.1, 0.15) is 22.8 Å². The van der Waals surface area contributed by atoms with Crippen molar-refractivity contribution in [2.24, 2.45) is 0 Å². The Hall–Kier alpha value is -2.24. The number of rotatable bonds is 5. The molecule has 0 spiro atoms. The molecule has 2 amide bonds. The van der Waals surface area contributed by atoms with Gasteiger partial charge in [-0.1, -0.05) is 35.3 Å². The lowest BCUT2D eigenvalue weighted by Crippen LogP contribution is -2.51. The van der Waals surface area contributed by atoms with Gasteiger partial charge in [0.05, 0.1) is 13.0 Å². The highest BCUT2D eigenvalue weighted by molar-refractivity contribution is 6.35. The summed E-state index contributed by atoms with van der Waals surface area (Å²) in [5.74, 6) is 0.733. The van der Waals surface area contributed by atoms with E-state index in [0.29, 0.717) is 54.8 Å². The number of ether oxygens (including phenoxy) is 1. The van der Waals surface area contributed by atoms with Crippen molar-refractivity contribution in [2.45, 2.75) is 13.3 Å². The molecule has 2 aromatic carbocycles. The third-order valence-corrected chi connectivity index (χ3v) is 5.06. The Kier molecular flexibility index (Phi) is 6.81. The molecule has 0 radical (unpaired) electrons. The molecule has 7 heteroatoms. The molecule has 1 aliphatic rings. The zero-order chi connectivity index (χ0) is 20.1. The monoisotopic (exact) mass is 420 g/mol. The van der Waals surface area contributed by atoms with Crippen molar-refractivity contribution < 1.29 is 14.3 Å². The second-order valence-electron chi connectivity index (χ2n) is 6.58. The first-order valence-electron chi connectivity index (χ1n) is 9.21. The lowest BCUT2D eigenvalue weighted by atomic mass is 10.1. The topological polar surface area (TPSA) is 49.9 Å². The molecule has 0 N–H and O–H groups in total. The third-order valence-electron chi connectivity index (χ3n) is 4.62. The van der Waals surface area contributed by atoms with Crippen LogP contribution < -0.4 is 4.74 Å². The molecule has 1 heterocycles. The van der Waals surface area contributed by atoms with Gasteiger partial charge >= 0.3 is 0 Å². The summed E-state index contributed by atoms with van der Waals surface area (Å²) >= 11 is 12.0. The maximum absolute atomic E-state index is 12.7. The molecule has 0 atom stereocenters. The molecular weight excluding hydrogens is 399 g/mol. The van der Waals surface area contributed by atoms with Crippen LogP contribution in [0.3, 0.4) is 0 Å². The normalized spacial score (nSPS) is 14.1. The molecule has 148 valence electrons. The van der Waals surface area contributed by atoms with E-state index in [2.05, 4.69) is 0 Å². The summed E-state index contributed by atoms with van der Waals surface area (Å²) in [5.41, 5.74) is 1.41. The van der Waals surface area contributed by atoms with Crippen LogP contribution in [0.25, 0.3) is 0 Å². The van der Waals surface area contributed by atoms with Gasteiger partial charge in [-0.3, -0.25) is 9.59 Å². The Morgan fingerprint density at radius 2 is 1.50 bits per heavy atom. The maximum Gasteiger partial charge on any atom is 0.254 e. The Morgan fingerprint density at radius 3 is 2.07 bits per heavy atom. The Balaban J connectivity index is 1.54. The minimum absolute atomic E-state index is 0.0575. The van der Waals surface area contributed by atoms with Crippen molar-refractivity contribution >= 4 is 35.0 Å². The highest BCUT2D eigenvalue weighted by Crippen LogP contribution is 2.21. The van der Waals surface area contributed by atoms with Crippen LogP contribution in [0, 0.1) is 0 Å². The number of carbonyl (C=O) groups is 2. The minimum atomic E-state index is -0.122. The van der Waals surface area contributed by atoms with Crippen LogP contribution in [0.4, 0.5) is 0 Å². The number of nitrogens with zero attached hydrogens (tertiary/aromatic N) is 2. The zero-order valence-electron chi connectivity index (χ0n) is 15.7. The molecule has 0 saturated carbocycles. The van der Waals surface area contributed by atoms with Gasteiger partial charge in [0, 0.05) is 41.8 Å². The van der Waals surface area contributed by atoms with Gasteiger partial charge < -0.3 is 14.5 Å². The first-order chi connectivity index (χ1) is 13.5. The summed E-state index contributed by atoms with van der Waals surface area (Å²) in [7, 11) is 0. The fourth-order valence-electron chi connectivity index (χ4n) is 3.18. The highest BCUT2D eigenvalue weighted by atomic mass is 35.5. The van der Waals surface area contributed by atoms with E-state index in [1.54, 1.807) is 28.0 Å². The smallest absolute Gasteiger partial charge is 0.254 e. The standard InChI is InChI=1S/C21H22Cl2N2O3/c1-2-28-19-5-3-15(4-6-19)11-20(26)24-7-9-25(10-8-24)21(27)16-12-17(22)14-18(23)13-16/h3-6,12-14H,2,7-11H2,1H3. The molecule has 0 aliphatic carbocycles. The second kappa shape index (κ2) is 9.30. The number of carbonyl (C=O) groups excluding carboxylic acids is 2. The van der Waals surface area contributed by atoms with Gasteiger partial charge in [-0.2, -0.15) is 0 Å². The van der Waals surface area contributed by atoms with E-state index in [1.165, 1.54) is 0 Å². The van der Waals surface area contributed by atoms with Crippen molar-refractivity contribution in [3.8, 4) is 5.75 Å². The van der Waals surface area contributed by atoms with Crippen molar-refractivity contribution in [1.82, 2.24) is 9.80 Å². The Labute approximate surface area is 174 Å². The van der Waals surface area contributed by atoms with Crippen molar-refractivity contribution in [3.63, 3.8) is 0 Å². The maximum atomic E-state index is 12.7. The van der Waals surface area contributed by atoms with E-state index in [0.717, 1.165) is 11.3 Å². The molecule has 3 rings (SSSR count). The summed E-state index contributed by atoms with van der Waals surface area (Å²) in [4.78, 5) is 28.7. The predicted octanol–water partition coefficient (Wildman–Crippen LogP) is 3.92. The van der Waals surface area contributed by atoms with E-state index in [9.17, 15) is 9.59 Å². The fourth-order valence-corrected chi connectivity index (χ4v) is 3.70. The van der Waals surface area contributed by atoms with E-state index < -0.39 is 0 Å². The Bertz CT molecular complexity index is 827. The zero-order valence-corrected chi connectivity index (χ0v) is 17.2. The Morgan fingerprint density at radius 1 is 0.929 bits per heavy atom. The number of hydrogen-bond acceptors (Lipinski definition) is 3. The number of hydrogen-bond donors (Lipinski definition) is 0. The lowest BCUT2D eigenvalue weighted by Gasteiger charge is -2.35. The second-order valence-corrected chi connectivity index (χ2v) is 7.46. The molecule has 0 unspecified atom stereocenters. The third kappa shape index (κ3) is 5.18. The van der Waals surface area contributed by atoms with Gasteiger partial charge in [-0.15, -0.1) is 0 Å². The molecule has 1 aliphatic heterocycles. The summed E-state index contributed by atoms with van der Waals surface area (Å²) in [6, 6.07) is 12.4. The van der Waals surface area contributed by atoms with Crippen LogP contribution in [0.5, 0.6) is 5.75 Å². The van der Waals surface area contributed by atoms with Gasteiger partial charge in [0.25, 0.3) is 5.91 Å². The summed E-state index contributed by atoms with van der Waals surface area (Å²) in [5, 5.41) is 0.861. The summed E-state index contributed by atoms with van der Waals surface area (Å²) in [6.07, 6.45) is 0.338. The van der Waals surface area contributed by atoms with Crippen molar-refractivity contribution in [1.29, 1.82) is 0 Å². The van der Waals surface area contributed by atoms with Crippen molar-refractivity contribution in [3.05, 3.63) is 63.6 Å². The molecule has 0 aromatic heterocycles. The van der Waals surface area contributed by atoms with Crippen LogP contribution >= 0.6 is 23.2 Å². The molecule has 0 bridgehead atoms. The average Bonchev–Trinajstić information content (AvgIpc) is 2.68. The van der Waals surface area contributed by atoms with Crippen LogP contribution in [0.15, 0.2) is 42.5 Å². The molecule has 2 aromatic rings. The first-order valence-corrected chi connectivity index (χ1v) is 9.96. The van der Waals surface area contributed by atoms with E-state index >= 15 is 0 Å². The van der Waals surface area contributed by atoms with Crippen molar-refractivity contribution in [2.75, 3.05) is 32.8 Å². The number of halogens is 2. The SMILES string of the molecule is CCOc1ccc(CC(=O)N2CCN(C(=O)c3cc(Cl)cc(Cl)c3)CC2)cc1. The summed E-state index contributed by atoms with van der Waals surface area (Å²) < 4.78 is 5.42. The largest absolute Gasteiger partial charge is 0.494 e. The van der Waals surface area contributed by atoms with Gasteiger partial charge in [0.2, 0.25) is 5.91 Å². The van der Waals surface area contributed by atoms with Crippen LogP contribution in [-0.4, -0.2) is 54.4 Å². The van der Waals surface area contributed by atoms with E-state index in [4.69, 9.17) is 27.9 Å². The molecule has 28 heavy (non-hydrogen) atoms. The minimum Gasteiger partial charge on any atom is -0.494 e. The van der Waals surface area contributed by atoms with Crippen LogP contribution in [0.2, 0.25) is 10.0 Å². The van der Waals surface area contributed by atoms with E-state index in [1.807, 2.05) is 31.2 Å². The van der Waals surface area contributed by atoms with E-state index in [-0.39, 0.29) is 11.8 Å². The lowest BCUT2D eigenvalue weighted by molar-refractivity contribution is -0.131. The number of piperazine rings is 1. The van der Waals surface area contributed by atoms with Crippen LogP contribution in [-0.2, 0) is 11.2 Å². The molecule has 1 fully saturated rings. The number of amides is 2. The highest BCUT2D eigenvalue weighted by Gasteiger charge is 2.25. The first kappa shape index (κ1) is 20.5. The molecule has 1 saturated heterocycles. The van der Waals surface area contributed by atoms with Gasteiger partial charge in [0.1, 0.15) is 5.75 Å². The molecule has 5 nitrogen and oxygen atoms in total. The summed E-state index contributed by atoms with van der Waals surface area (Å²) in [6.45, 7) is 4.53. The van der Waals surface area contributed by atoms with Gasteiger partial charge in [-0.25, -0.2) is 0 Å². The van der Waals surface area contributed by atoms with Gasteiger partial charge in [-0.05, 0) is 42.8 Å². The number of benzene rings is 2. The predicted molar refractivity (Wildman–Crippen MR) is 110 cm³/mol.